The third-order valence-corrected chi connectivity index (χ3v) is 3.87. The van der Waals surface area contributed by atoms with Crippen LogP contribution in [0.5, 0.6) is 0 Å². The lowest BCUT2D eigenvalue weighted by Gasteiger charge is -2.09. The van der Waals surface area contributed by atoms with E-state index in [0.717, 1.165) is 6.07 Å². The quantitative estimate of drug-likeness (QED) is 0.919. The van der Waals surface area contributed by atoms with Crippen LogP contribution < -0.4 is 10.3 Å². The fraction of sp³-hybridized carbons (Fsp3) is 0.167. The summed E-state index contributed by atoms with van der Waals surface area (Å²) in [5.74, 6) is -0.941. The van der Waals surface area contributed by atoms with E-state index in [4.69, 9.17) is 0 Å². The first kappa shape index (κ1) is 14.2. The van der Waals surface area contributed by atoms with Crippen molar-refractivity contribution in [2.45, 2.75) is 18.5 Å². The molecular weight excluding hydrogens is 285 g/mol. The van der Waals surface area contributed by atoms with Crippen LogP contribution >= 0.6 is 0 Å². The van der Waals surface area contributed by atoms with Gasteiger partial charge in [0.25, 0.3) is 15.6 Å². The summed E-state index contributed by atoms with van der Waals surface area (Å²) in [4.78, 5) is 14.9. The van der Waals surface area contributed by atoms with E-state index in [1.807, 2.05) is 0 Å². The summed E-state index contributed by atoms with van der Waals surface area (Å²) in [5.41, 5.74) is -0.0871. The highest BCUT2D eigenvalue weighted by atomic mass is 32.2. The number of anilines is 1. The average molecular weight is 297 g/mol. The molecule has 0 aliphatic heterocycles. The topological polar surface area (TPSA) is 81.1 Å². The zero-order valence-electron chi connectivity index (χ0n) is 10.6. The zero-order chi connectivity index (χ0) is 14.8. The molecule has 0 saturated heterocycles. The van der Waals surface area contributed by atoms with Gasteiger partial charge in [-0.1, -0.05) is 0 Å². The van der Waals surface area contributed by atoms with Crippen LogP contribution in [0.1, 0.15) is 6.92 Å². The summed E-state index contributed by atoms with van der Waals surface area (Å²) < 4.78 is 41.0. The van der Waals surface area contributed by atoms with Crippen molar-refractivity contribution >= 4 is 15.7 Å². The van der Waals surface area contributed by atoms with Gasteiger partial charge in [0.1, 0.15) is 0 Å². The Kier molecular flexibility index (Phi) is 3.84. The van der Waals surface area contributed by atoms with Gasteiger partial charge in [0, 0.05) is 25.0 Å². The van der Waals surface area contributed by atoms with Gasteiger partial charge in [-0.15, -0.1) is 0 Å². The molecule has 0 aliphatic rings. The van der Waals surface area contributed by atoms with Gasteiger partial charge in [-0.3, -0.25) is 9.52 Å². The fourth-order valence-electron chi connectivity index (χ4n) is 1.61. The van der Waals surface area contributed by atoms with Gasteiger partial charge in [0.05, 0.1) is 5.69 Å². The van der Waals surface area contributed by atoms with Crippen LogP contribution in [0.15, 0.2) is 46.5 Å². The van der Waals surface area contributed by atoms with Gasteiger partial charge < -0.3 is 4.57 Å². The number of hydrogen-bond acceptors (Lipinski definition) is 4. The molecular formula is C12H12FN3O3S. The second-order valence-corrected chi connectivity index (χ2v) is 5.54. The number of sulfonamides is 1. The molecule has 0 amide bonds. The van der Waals surface area contributed by atoms with Gasteiger partial charge in [0.2, 0.25) is 5.03 Å². The monoisotopic (exact) mass is 297 g/mol. The first-order valence-corrected chi connectivity index (χ1v) is 7.26. The minimum Gasteiger partial charge on any atom is -0.314 e. The molecule has 0 atom stereocenters. The molecule has 2 heterocycles. The molecule has 0 aliphatic carbocycles. The Morgan fingerprint density at radius 2 is 2.10 bits per heavy atom. The molecule has 6 nitrogen and oxygen atoms in total. The second kappa shape index (κ2) is 5.41. The molecule has 8 heteroatoms. The standard InChI is InChI=1S/C12H12FN3O3S/c1-2-16-8-9(5-6-11(16)17)15-20(18,19)12-10(13)4-3-7-14-12/h3-8,15H,2H2,1H3. The summed E-state index contributed by atoms with van der Waals surface area (Å²) in [7, 11) is -4.13. The van der Waals surface area contributed by atoms with Gasteiger partial charge >= 0.3 is 0 Å². The predicted molar refractivity (Wildman–Crippen MR) is 71.4 cm³/mol. The number of nitrogens with one attached hydrogen (secondary N) is 1. The third kappa shape index (κ3) is 2.85. The summed E-state index contributed by atoms with van der Waals surface area (Å²) in [6.07, 6.45) is 2.53. The molecule has 106 valence electrons. The summed E-state index contributed by atoms with van der Waals surface area (Å²) in [6, 6.07) is 4.85. The first-order valence-electron chi connectivity index (χ1n) is 5.78. The highest BCUT2D eigenvalue weighted by Crippen LogP contribution is 2.15. The molecule has 0 fully saturated rings. The zero-order valence-corrected chi connectivity index (χ0v) is 11.4. The van der Waals surface area contributed by atoms with Crippen LogP contribution in [-0.4, -0.2) is 18.0 Å². The Labute approximate surface area is 115 Å². The van der Waals surface area contributed by atoms with E-state index in [2.05, 4.69) is 9.71 Å². The summed E-state index contributed by atoms with van der Waals surface area (Å²) >= 11 is 0. The van der Waals surface area contributed by atoms with Crippen LogP contribution in [-0.2, 0) is 16.6 Å². The molecule has 0 spiro atoms. The second-order valence-electron chi connectivity index (χ2n) is 3.94. The smallest absolute Gasteiger partial charge is 0.282 e. The average Bonchev–Trinajstić information content (AvgIpc) is 2.41. The Morgan fingerprint density at radius 3 is 2.75 bits per heavy atom. The molecule has 2 aromatic heterocycles. The molecule has 20 heavy (non-hydrogen) atoms. The Balaban J connectivity index is 2.39. The molecule has 0 aromatic carbocycles. The summed E-state index contributed by atoms with van der Waals surface area (Å²) in [5, 5.41) is -0.686. The maximum absolute atomic E-state index is 13.5. The highest BCUT2D eigenvalue weighted by Gasteiger charge is 2.20. The van der Waals surface area contributed by atoms with Crippen molar-refractivity contribution in [1.29, 1.82) is 0 Å². The lowest BCUT2D eigenvalue weighted by Crippen LogP contribution is -2.21. The summed E-state index contributed by atoms with van der Waals surface area (Å²) in [6.45, 7) is 2.14. The Hall–Kier alpha value is -2.22. The predicted octanol–water partition coefficient (Wildman–Crippen LogP) is 1.20. The van der Waals surface area contributed by atoms with Crippen molar-refractivity contribution < 1.29 is 12.8 Å². The van der Waals surface area contributed by atoms with Crippen LogP contribution in [0.25, 0.3) is 0 Å². The molecule has 2 rings (SSSR count). The van der Waals surface area contributed by atoms with Crippen molar-refractivity contribution in [2.24, 2.45) is 0 Å². The molecule has 2 aromatic rings. The number of nitrogens with zero attached hydrogens (tertiary/aromatic N) is 2. The molecule has 0 radical (unpaired) electrons. The van der Waals surface area contributed by atoms with Gasteiger partial charge in [-0.05, 0) is 25.1 Å². The number of aryl methyl sites for hydroxylation is 1. The van der Waals surface area contributed by atoms with Crippen LogP contribution in [0.4, 0.5) is 10.1 Å². The molecule has 0 bridgehead atoms. The van der Waals surface area contributed by atoms with E-state index in [9.17, 15) is 17.6 Å². The Bertz CT molecular complexity index is 787. The van der Waals surface area contributed by atoms with Crippen molar-refractivity contribution in [2.75, 3.05) is 4.72 Å². The third-order valence-electron chi connectivity index (χ3n) is 2.56. The number of pyridine rings is 2. The molecule has 0 unspecified atom stereocenters. The maximum Gasteiger partial charge on any atom is 0.282 e. The number of hydrogen-bond donors (Lipinski definition) is 1. The van der Waals surface area contributed by atoms with E-state index in [0.29, 0.717) is 6.54 Å². The van der Waals surface area contributed by atoms with Crippen molar-refractivity contribution in [3.8, 4) is 0 Å². The van der Waals surface area contributed by atoms with Crippen LogP contribution in [0.3, 0.4) is 0 Å². The number of rotatable bonds is 4. The van der Waals surface area contributed by atoms with Gasteiger partial charge in [-0.25, -0.2) is 9.37 Å². The van der Waals surface area contributed by atoms with Gasteiger partial charge in [0.15, 0.2) is 5.82 Å². The maximum atomic E-state index is 13.5. The van der Waals surface area contributed by atoms with E-state index < -0.39 is 20.9 Å². The normalized spacial score (nSPS) is 11.3. The Morgan fingerprint density at radius 1 is 1.35 bits per heavy atom. The van der Waals surface area contributed by atoms with Gasteiger partial charge in [-0.2, -0.15) is 8.42 Å². The van der Waals surface area contributed by atoms with Crippen molar-refractivity contribution in [3.63, 3.8) is 0 Å². The lowest BCUT2D eigenvalue weighted by molar-refractivity contribution is 0.556. The van der Waals surface area contributed by atoms with E-state index >= 15 is 0 Å². The molecule has 1 N–H and O–H groups in total. The van der Waals surface area contributed by atoms with E-state index in [-0.39, 0.29) is 11.2 Å². The number of aromatic nitrogens is 2. The van der Waals surface area contributed by atoms with Crippen LogP contribution in [0, 0.1) is 5.82 Å². The SMILES string of the molecule is CCn1cc(NS(=O)(=O)c2ncccc2F)ccc1=O. The van der Waals surface area contributed by atoms with E-state index in [1.54, 1.807) is 6.92 Å². The van der Waals surface area contributed by atoms with Crippen molar-refractivity contribution in [3.05, 3.63) is 52.8 Å². The number of halogens is 1. The highest BCUT2D eigenvalue weighted by molar-refractivity contribution is 7.92. The lowest BCUT2D eigenvalue weighted by atomic mass is 10.4. The minimum atomic E-state index is -4.13. The first-order chi connectivity index (χ1) is 9.44. The molecule has 0 saturated carbocycles. The van der Waals surface area contributed by atoms with Crippen LogP contribution in [0.2, 0.25) is 0 Å². The largest absolute Gasteiger partial charge is 0.314 e. The fourth-order valence-corrected chi connectivity index (χ4v) is 2.66. The van der Waals surface area contributed by atoms with E-state index in [1.165, 1.54) is 35.2 Å². The minimum absolute atomic E-state index is 0.163. The van der Waals surface area contributed by atoms with Crippen molar-refractivity contribution in [1.82, 2.24) is 9.55 Å².